The van der Waals surface area contributed by atoms with E-state index in [1.54, 1.807) is 24.3 Å². The lowest BCUT2D eigenvalue weighted by Crippen LogP contribution is -2.09. The Hall–Kier alpha value is -1.03. The molecule has 0 bridgehead atoms. The zero-order valence-corrected chi connectivity index (χ0v) is 9.81. The number of carbonyl (C=O) groups is 1. The van der Waals surface area contributed by atoms with Gasteiger partial charge in [-0.1, -0.05) is 29.8 Å². The molecule has 0 heterocycles. The van der Waals surface area contributed by atoms with E-state index < -0.39 is 12.6 Å². The number of ketones is 1. The average Bonchev–Trinajstić information content (AvgIpc) is 2.19. The molecule has 5 heteroatoms. The predicted octanol–water partition coefficient (Wildman–Crippen LogP) is 4.18. The van der Waals surface area contributed by atoms with E-state index in [0.717, 1.165) is 0 Å². The molecule has 0 aliphatic carbocycles. The molecule has 0 aliphatic heterocycles. The zero-order chi connectivity index (χ0) is 12.9. The van der Waals surface area contributed by atoms with E-state index >= 15 is 0 Å². The van der Waals surface area contributed by atoms with Crippen LogP contribution in [0.3, 0.4) is 0 Å². The normalized spacial score (nSPS) is 11.5. The van der Waals surface area contributed by atoms with Crippen LogP contribution in [0.5, 0.6) is 0 Å². The Labute approximate surface area is 103 Å². The molecular formula is C12H12ClF3O. The summed E-state index contributed by atoms with van der Waals surface area (Å²) in [6.07, 6.45) is -5.24. The lowest BCUT2D eigenvalue weighted by atomic mass is 10.0. The number of Topliss-reactive ketones (excluding diaryl/α,β-unsaturated/α-hetero) is 1. The van der Waals surface area contributed by atoms with Crippen molar-refractivity contribution in [1.82, 2.24) is 0 Å². The summed E-state index contributed by atoms with van der Waals surface area (Å²) in [5, 5.41) is 0.469. The molecular weight excluding hydrogens is 253 g/mol. The minimum atomic E-state index is -4.19. The van der Waals surface area contributed by atoms with Gasteiger partial charge in [-0.15, -0.1) is 0 Å². The molecule has 0 atom stereocenters. The molecule has 0 N–H and O–H groups in total. The van der Waals surface area contributed by atoms with Gasteiger partial charge >= 0.3 is 6.18 Å². The Morgan fingerprint density at radius 3 is 2.47 bits per heavy atom. The minimum Gasteiger partial charge on any atom is -0.299 e. The van der Waals surface area contributed by atoms with Crippen molar-refractivity contribution < 1.29 is 18.0 Å². The van der Waals surface area contributed by atoms with E-state index in [1.807, 2.05) is 0 Å². The molecule has 1 nitrogen and oxygen atoms in total. The molecule has 0 aliphatic rings. The second-order valence-corrected chi connectivity index (χ2v) is 4.18. The van der Waals surface area contributed by atoms with E-state index in [-0.39, 0.29) is 25.0 Å². The Balaban J connectivity index is 2.38. The maximum Gasteiger partial charge on any atom is 0.389 e. The lowest BCUT2D eigenvalue weighted by molar-refractivity contribution is -0.137. The van der Waals surface area contributed by atoms with Crippen molar-refractivity contribution in [1.29, 1.82) is 0 Å². The number of hydrogen-bond donors (Lipinski definition) is 0. The lowest BCUT2D eigenvalue weighted by Gasteiger charge is -2.06. The van der Waals surface area contributed by atoms with Gasteiger partial charge in [0.25, 0.3) is 0 Å². The van der Waals surface area contributed by atoms with Crippen LogP contribution in [0.25, 0.3) is 0 Å². The predicted molar refractivity (Wildman–Crippen MR) is 60.1 cm³/mol. The molecule has 0 spiro atoms. The van der Waals surface area contributed by atoms with Crippen molar-refractivity contribution in [2.75, 3.05) is 0 Å². The summed E-state index contributed by atoms with van der Waals surface area (Å²) in [6, 6.07) is 6.83. The third kappa shape index (κ3) is 5.73. The number of rotatable bonds is 5. The summed E-state index contributed by atoms with van der Waals surface area (Å²) in [5.74, 6) is -0.220. The molecule has 0 saturated carbocycles. The molecule has 0 amide bonds. The van der Waals surface area contributed by atoms with Crippen molar-refractivity contribution >= 4 is 17.4 Å². The summed E-state index contributed by atoms with van der Waals surface area (Å²) in [7, 11) is 0. The van der Waals surface area contributed by atoms with Crippen LogP contribution in [0.2, 0.25) is 5.02 Å². The Morgan fingerprint density at radius 1 is 1.24 bits per heavy atom. The first-order chi connectivity index (χ1) is 7.88. The summed E-state index contributed by atoms with van der Waals surface area (Å²) < 4.78 is 35.6. The largest absolute Gasteiger partial charge is 0.389 e. The molecule has 0 fully saturated rings. The maximum absolute atomic E-state index is 11.9. The Kier molecular flexibility index (Phi) is 5.00. The van der Waals surface area contributed by atoms with Crippen LogP contribution < -0.4 is 0 Å². The van der Waals surface area contributed by atoms with Crippen LogP contribution in [0.15, 0.2) is 24.3 Å². The number of benzene rings is 1. The van der Waals surface area contributed by atoms with E-state index in [0.29, 0.717) is 10.6 Å². The van der Waals surface area contributed by atoms with Crippen molar-refractivity contribution in [3.8, 4) is 0 Å². The van der Waals surface area contributed by atoms with Crippen LogP contribution >= 0.6 is 11.6 Å². The highest BCUT2D eigenvalue weighted by Crippen LogP contribution is 2.23. The SMILES string of the molecule is O=C(CCCC(F)(F)F)Cc1ccccc1Cl. The molecule has 0 radical (unpaired) electrons. The third-order valence-corrected chi connectivity index (χ3v) is 2.63. The maximum atomic E-state index is 11.9. The van der Waals surface area contributed by atoms with Crippen molar-refractivity contribution in [3.05, 3.63) is 34.9 Å². The van der Waals surface area contributed by atoms with Gasteiger partial charge in [0, 0.05) is 24.3 Å². The zero-order valence-electron chi connectivity index (χ0n) is 9.06. The average molecular weight is 265 g/mol. The van der Waals surface area contributed by atoms with Gasteiger partial charge < -0.3 is 0 Å². The van der Waals surface area contributed by atoms with Crippen LogP contribution in [0.4, 0.5) is 13.2 Å². The highest BCUT2D eigenvalue weighted by Gasteiger charge is 2.26. The summed E-state index contributed by atoms with van der Waals surface area (Å²) >= 11 is 5.84. The van der Waals surface area contributed by atoms with Gasteiger partial charge in [-0.05, 0) is 18.1 Å². The fourth-order valence-corrected chi connectivity index (χ4v) is 1.63. The van der Waals surface area contributed by atoms with E-state index in [4.69, 9.17) is 11.6 Å². The number of hydrogen-bond acceptors (Lipinski definition) is 1. The first-order valence-electron chi connectivity index (χ1n) is 5.20. The third-order valence-electron chi connectivity index (χ3n) is 2.26. The number of alkyl halides is 3. The molecule has 17 heavy (non-hydrogen) atoms. The topological polar surface area (TPSA) is 17.1 Å². The van der Waals surface area contributed by atoms with Crippen LogP contribution in [0.1, 0.15) is 24.8 Å². The quantitative estimate of drug-likeness (QED) is 0.779. The van der Waals surface area contributed by atoms with Gasteiger partial charge in [0.2, 0.25) is 0 Å². The first kappa shape index (κ1) is 14.0. The Morgan fingerprint density at radius 2 is 1.88 bits per heavy atom. The highest BCUT2D eigenvalue weighted by atomic mass is 35.5. The van der Waals surface area contributed by atoms with Gasteiger partial charge in [0.1, 0.15) is 5.78 Å². The standard InChI is InChI=1S/C12H12ClF3O/c13-11-6-2-1-4-9(11)8-10(17)5-3-7-12(14,15)16/h1-2,4,6H,3,5,7-8H2. The molecule has 1 rings (SSSR count). The van der Waals surface area contributed by atoms with Gasteiger partial charge in [0.05, 0.1) is 0 Å². The molecule has 1 aromatic carbocycles. The van der Waals surface area contributed by atoms with Crippen molar-refractivity contribution in [3.63, 3.8) is 0 Å². The fraction of sp³-hybridized carbons (Fsp3) is 0.417. The first-order valence-corrected chi connectivity index (χ1v) is 5.58. The van der Waals surface area contributed by atoms with Crippen molar-refractivity contribution in [2.24, 2.45) is 0 Å². The van der Waals surface area contributed by atoms with Gasteiger partial charge in [0.15, 0.2) is 0 Å². The van der Waals surface area contributed by atoms with Crippen LogP contribution in [-0.4, -0.2) is 12.0 Å². The highest BCUT2D eigenvalue weighted by molar-refractivity contribution is 6.31. The molecule has 0 unspecified atom stereocenters. The van der Waals surface area contributed by atoms with Gasteiger partial charge in [-0.3, -0.25) is 4.79 Å². The molecule has 0 saturated heterocycles. The molecule has 1 aromatic rings. The van der Waals surface area contributed by atoms with Crippen LogP contribution in [-0.2, 0) is 11.2 Å². The van der Waals surface area contributed by atoms with Crippen molar-refractivity contribution in [2.45, 2.75) is 31.9 Å². The number of carbonyl (C=O) groups excluding carboxylic acids is 1. The number of halogens is 4. The fourth-order valence-electron chi connectivity index (χ4n) is 1.43. The van der Waals surface area contributed by atoms with E-state index in [9.17, 15) is 18.0 Å². The Bertz CT molecular complexity index is 388. The summed E-state index contributed by atoms with van der Waals surface area (Å²) in [6.45, 7) is 0. The summed E-state index contributed by atoms with van der Waals surface area (Å²) in [4.78, 5) is 11.4. The monoisotopic (exact) mass is 264 g/mol. The van der Waals surface area contributed by atoms with E-state index in [2.05, 4.69) is 0 Å². The summed E-state index contributed by atoms with van der Waals surface area (Å²) in [5.41, 5.74) is 0.658. The molecule has 0 aromatic heterocycles. The second kappa shape index (κ2) is 6.05. The van der Waals surface area contributed by atoms with Crippen LogP contribution in [0, 0.1) is 0 Å². The smallest absolute Gasteiger partial charge is 0.299 e. The second-order valence-electron chi connectivity index (χ2n) is 3.78. The minimum absolute atomic E-state index is 0.0647. The van der Waals surface area contributed by atoms with Gasteiger partial charge in [-0.2, -0.15) is 13.2 Å². The van der Waals surface area contributed by atoms with E-state index in [1.165, 1.54) is 0 Å². The van der Waals surface area contributed by atoms with Gasteiger partial charge in [-0.25, -0.2) is 0 Å². The molecule has 94 valence electrons.